The molecule has 0 N–H and O–H groups in total. The van der Waals surface area contributed by atoms with Crippen LogP contribution >= 0.6 is 23.2 Å². The third-order valence-corrected chi connectivity index (χ3v) is 4.50. The van der Waals surface area contributed by atoms with E-state index in [1.807, 2.05) is 36.4 Å². The molecule has 3 aromatic carbocycles. The first-order valence-electron chi connectivity index (χ1n) is 8.27. The Balaban J connectivity index is 2.44. The van der Waals surface area contributed by atoms with Crippen LogP contribution in [0.4, 0.5) is 0 Å². The highest BCUT2D eigenvalue weighted by molar-refractivity contribution is 6.40. The van der Waals surface area contributed by atoms with Crippen LogP contribution in [0.25, 0.3) is 21.5 Å². The van der Waals surface area contributed by atoms with Gasteiger partial charge in [0.1, 0.15) is 11.5 Å². The van der Waals surface area contributed by atoms with Crippen LogP contribution in [0.15, 0.2) is 36.4 Å². The second-order valence-electron chi connectivity index (χ2n) is 5.68. The first-order valence-corrected chi connectivity index (χ1v) is 9.02. The number of ether oxygens (including phenoxy) is 2. The third-order valence-electron chi connectivity index (χ3n) is 3.87. The van der Waals surface area contributed by atoms with Crippen LogP contribution in [0, 0.1) is 0 Å². The minimum Gasteiger partial charge on any atom is -0.492 e. The van der Waals surface area contributed by atoms with Gasteiger partial charge in [-0.05, 0) is 25.0 Å². The summed E-state index contributed by atoms with van der Waals surface area (Å²) in [5.74, 6) is 1.55. The van der Waals surface area contributed by atoms with Crippen LogP contribution in [0.5, 0.6) is 11.5 Å². The van der Waals surface area contributed by atoms with E-state index in [1.165, 1.54) is 0 Å². The normalized spacial score (nSPS) is 11.2. The van der Waals surface area contributed by atoms with Gasteiger partial charge in [-0.3, -0.25) is 0 Å². The monoisotopic (exact) mass is 362 g/mol. The smallest absolute Gasteiger partial charge is 0.136 e. The highest BCUT2D eigenvalue weighted by Gasteiger charge is 2.19. The first-order chi connectivity index (χ1) is 11.7. The Morgan fingerprint density at radius 2 is 1.12 bits per heavy atom. The number of hydrogen-bond acceptors (Lipinski definition) is 2. The number of hydrogen-bond donors (Lipinski definition) is 0. The molecule has 0 unspecified atom stereocenters. The fraction of sp³-hybridized carbons (Fsp3) is 0.300. The summed E-state index contributed by atoms with van der Waals surface area (Å²) in [5.41, 5.74) is 0. The summed E-state index contributed by atoms with van der Waals surface area (Å²) in [7, 11) is 0. The van der Waals surface area contributed by atoms with Gasteiger partial charge >= 0.3 is 0 Å². The van der Waals surface area contributed by atoms with Gasteiger partial charge < -0.3 is 9.47 Å². The van der Waals surface area contributed by atoms with Gasteiger partial charge in [0, 0.05) is 21.5 Å². The molecule has 0 aliphatic carbocycles. The maximum atomic E-state index is 6.52. The van der Waals surface area contributed by atoms with Gasteiger partial charge in [-0.25, -0.2) is 0 Å². The van der Waals surface area contributed by atoms with Crippen LogP contribution in [0.2, 0.25) is 10.0 Å². The van der Waals surface area contributed by atoms with Gasteiger partial charge in [0.05, 0.1) is 23.3 Å². The van der Waals surface area contributed by atoms with Crippen LogP contribution in [0.1, 0.15) is 26.7 Å². The Kier molecular flexibility index (Phi) is 5.37. The molecule has 2 nitrogen and oxygen atoms in total. The van der Waals surface area contributed by atoms with E-state index in [2.05, 4.69) is 13.8 Å². The molecule has 4 heteroatoms. The zero-order chi connectivity index (χ0) is 17.1. The summed E-state index contributed by atoms with van der Waals surface area (Å²) in [6.07, 6.45) is 1.84. The summed E-state index contributed by atoms with van der Waals surface area (Å²) < 4.78 is 12.2. The summed E-state index contributed by atoms with van der Waals surface area (Å²) >= 11 is 13.0. The van der Waals surface area contributed by atoms with E-state index in [-0.39, 0.29) is 0 Å². The molecular formula is C20H20Cl2O2. The van der Waals surface area contributed by atoms with Crippen molar-refractivity contribution in [1.82, 2.24) is 0 Å². The van der Waals surface area contributed by atoms with Gasteiger partial charge in [-0.15, -0.1) is 0 Å². The standard InChI is InChI=1S/C20H20Cl2O2/c1-3-11-23-19-13-7-5-10-16(22)18(13)20(24-12-4-2)14-8-6-9-15(21)17(14)19/h5-10H,3-4,11-12H2,1-2H3. The molecule has 0 heterocycles. The zero-order valence-electron chi connectivity index (χ0n) is 13.9. The van der Waals surface area contributed by atoms with Crippen molar-refractivity contribution in [2.75, 3.05) is 13.2 Å². The van der Waals surface area contributed by atoms with Gasteiger partial charge in [-0.2, -0.15) is 0 Å². The predicted octanol–water partition coefficient (Wildman–Crippen LogP) is 6.88. The fourth-order valence-corrected chi connectivity index (χ4v) is 3.39. The van der Waals surface area contributed by atoms with Gasteiger partial charge in [0.2, 0.25) is 0 Å². The second kappa shape index (κ2) is 7.50. The topological polar surface area (TPSA) is 18.5 Å². The number of fused-ring (bicyclic) bond motifs is 2. The molecule has 0 saturated heterocycles. The van der Waals surface area contributed by atoms with Gasteiger partial charge in [-0.1, -0.05) is 61.3 Å². The minimum absolute atomic E-state index is 0.622. The first kappa shape index (κ1) is 17.2. The quantitative estimate of drug-likeness (QED) is 0.445. The van der Waals surface area contributed by atoms with Crippen LogP contribution in [-0.4, -0.2) is 13.2 Å². The molecule has 3 rings (SSSR count). The largest absolute Gasteiger partial charge is 0.492 e. The van der Waals surface area contributed by atoms with E-state index in [9.17, 15) is 0 Å². The molecule has 0 amide bonds. The Labute approximate surface area is 152 Å². The molecule has 126 valence electrons. The average molecular weight is 363 g/mol. The van der Waals surface area contributed by atoms with Crippen molar-refractivity contribution in [2.24, 2.45) is 0 Å². The van der Waals surface area contributed by atoms with Gasteiger partial charge in [0.25, 0.3) is 0 Å². The predicted molar refractivity (Wildman–Crippen MR) is 103 cm³/mol. The van der Waals surface area contributed by atoms with E-state index in [0.717, 1.165) is 45.9 Å². The number of halogens is 2. The molecule has 0 aromatic heterocycles. The summed E-state index contributed by atoms with van der Waals surface area (Å²) in [5, 5.41) is 4.94. The average Bonchev–Trinajstić information content (AvgIpc) is 2.58. The Bertz CT molecular complexity index is 801. The lowest BCUT2D eigenvalue weighted by atomic mass is 10.00. The second-order valence-corrected chi connectivity index (χ2v) is 6.49. The SMILES string of the molecule is CCCOc1c2cccc(Cl)c2c(OCCC)c2cccc(Cl)c12. The maximum absolute atomic E-state index is 6.52. The molecule has 0 aliphatic heterocycles. The highest BCUT2D eigenvalue weighted by Crippen LogP contribution is 2.47. The van der Waals surface area contributed by atoms with Crippen molar-refractivity contribution in [3.8, 4) is 11.5 Å². The molecule has 0 spiro atoms. The fourth-order valence-electron chi connectivity index (χ4n) is 2.87. The lowest BCUT2D eigenvalue weighted by molar-refractivity contribution is 0.319. The van der Waals surface area contributed by atoms with E-state index < -0.39 is 0 Å². The van der Waals surface area contributed by atoms with Crippen molar-refractivity contribution in [3.05, 3.63) is 46.4 Å². The molecule has 3 aromatic rings. The number of rotatable bonds is 6. The zero-order valence-corrected chi connectivity index (χ0v) is 15.4. The van der Waals surface area contributed by atoms with Crippen LogP contribution < -0.4 is 9.47 Å². The van der Waals surface area contributed by atoms with Crippen molar-refractivity contribution < 1.29 is 9.47 Å². The maximum Gasteiger partial charge on any atom is 0.136 e. The summed E-state index contributed by atoms with van der Waals surface area (Å²) in [4.78, 5) is 0. The Hall–Kier alpha value is -1.64. The van der Waals surface area contributed by atoms with E-state index in [1.54, 1.807) is 0 Å². The summed E-state index contributed by atoms with van der Waals surface area (Å²) in [6, 6.07) is 11.6. The van der Waals surface area contributed by atoms with Crippen molar-refractivity contribution in [3.63, 3.8) is 0 Å². The van der Waals surface area contributed by atoms with E-state index in [4.69, 9.17) is 32.7 Å². The molecular weight excluding hydrogens is 343 g/mol. The van der Waals surface area contributed by atoms with Crippen LogP contribution in [-0.2, 0) is 0 Å². The van der Waals surface area contributed by atoms with Crippen molar-refractivity contribution in [2.45, 2.75) is 26.7 Å². The van der Waals surface area contributed by atoms with E-state index >= 15 is 0 Å². The minimum atomic E-state index is 0.622. The lowest BCUT2D eigenvalue weighted by Crippen LogP contribution is -2.01. The van der Waals surface area contributed by atoms with Crippen molar-refractivity contribution >= 4 is 44.7 Å². The molecule has 0 saturated carbocycles. The van der Waals surface area contributed by atoms with Gasteiger partial charge in [0.15, 0.2) is 0 Å². The third kappa shape index (κ3) is 3.01. The summed E-state index contributed by atoms with van der Waals surface area (Å²) in [6.45, 7) is 5.41. The number of benzene rings is 3. The van der Waals surface area contributed by atoms with Crippen molar-refractivity contribution in [1.29, 1.82) is 0 Å². The lowest BCUT2D eigenvalue weighted by Gasteiger charge is -2.19. The molecule has 0 aliphatic rings. The highest BCUT2D eigenvalue weighted by atomic mass is 35.5. The molecule has 0 radical (unpaired) electrons. The molecule has 0 atom stereocenters. The molecule has 0 fully saturated rings. The Morgan fingerprint density at radius 1 is 0.708 bits per heavy atom. The molecule has 0 bridgehead atoms. The van der Waals surface area contributed by atoms with Crippen LogP contribution in [0.3, 0.4) is 0 Å². The van der Waals surface area contributed by atoms with E-state index in [0.29, 0.717) is 23.3 Å². The Morgan fingerprint density at radius 3 is 1.50 bits per heavy atom. The molecule has 24 heavy (non-hydrogen) atoms.